The molecular weight excluding hydrogens is 378 g/mol. The number of para-hydroxylation sites is 1. The molecule has 5 rings (SSSR count). The quantitative estimate of drug-likeness (QED) is 0.667. The van der Waals surface area contributed by atoms with Gasteiger partial charge in [0.05, 0.1) is 19.3 Å². The average molecular weight is 408 g/mol. The molecule has 2 saturated heterocycles. The molecule has 1 N–H and O–H groups in total. The van der Waals surface area contributed by atoms with E-state index in [1.54, 1.807) is 7.11 Å². The standard InChI is InChI=1S/C24H29N3O3/c1-29-23-13-19-18-8-2-3-9-21(18)30-22(19)14-20(23)25-24(28)16-27-12-6-7-17(27)15-26-10-4-5-11-26/h2-3,8-9,13-14,17H,4-7,10-12,15-16H2,1H3,(H,25,28). The molecule has 0 bridgehead atoms. The van der Waals surface area contributed by atoms with Crippen molar-refractivity contribution >= 4 is 33.5 Å². The first-order chi connectivity index (χ1) is 14.7. The smallest absolute Gasteiger partial charge is 0.238 e. The van der Waals surface area contributed by atoms with Gasteiger partial charge in [-0.1, -0.05) is 18.2 Å². The van der Waals surface area contributed by atoms with Crippen LogP contribution in [0.25, 0.3) is 21.9 Å². The molecule has 2 aliphatic rings. The van der Waals surface area contributed by atoms with Crippen molar-refractivity contribution in [2.45, 2.75) is 31.7 Å². The van der Waals surface area contributed by atoms with Gasteiger partial charge < -0.3 is 19.4 Å². The molecule has 0 aliphatic carbocycles. The van der Waals surface area contributed by atoms with E-state index in [4.69, 9.17) is 9.15 Å². The lowest BCUT2D eigenvalue weighted by atomic mass is 10.1. The molecule has 3 heterocycles. The maximum atomic E-state index is 12.9. The lowest BCUT2D eigenvalue weighted by Crippen LogP contribution is -2.42. The number of carbonyl (C=O) groups is 1. The number of likely N-dealkylation sites (tertiary alicyclic amines) is 2. The Morgan fingerprint density at radius 2 is 1.93 bits per heavy atom. The molecule has 3 aromatic rings. The molecule has 1 atom stereocenters. The van der Waals surface area contributed by atoms with E-state index in [9.17, 15) is 4.79 Å². The Kier molecular flexibility index (Phi) is 5.35. The number of hydrogen-bond acceptors (Lipinski definition) is 5. The van der Waals surface area contributed by atoms with E-state index >= 15 is 0 Å². The molecule has 1 aromatic heterocycles. The summed E-state index contributed by atoms with van der Waals surface area (Å²) in [6.45, 7) is 4.89. The van der Waals surface area contributed by atoms with Gasteiger partial charge in [0, 0.05) is 29.4 Å². The van der Waals surface area contributed by atoms with Gasteiger partial charge in [-0.2, -0.15) is 0 Å². The van der Waals surface area contributed by atoms with Crippen molar-refractivity contribution in [2.24, 2.45) is 0 Å². The van der Waals surface area contributed by atoms with Crippen LogP contribution in [0.2, 0.25) is 0 Å². The molecule has 6 nitrogen and oxygen atoms in total. The average Bonchev–Trinajstić information content (AvgIpc) is 3.48. The number of carbonyl (C=O) groups excluding carboxylic acids is 1. The van der Waals surface area contributed by atoms with Crippen molar-refractivity contribution in [1.82, 2.24) is 9.80 Å². The SMILES string of the molecule is COc1cc2c(cc1NC(=O)CN1CCCC1CN1CCCC1)oc1ccccc12. The molecule has 0 saturated carbocycles. The Morgan fingerprint density at radius 1 is 1.10 bits per heavy atom. The zero-order valence-electron chi connectivity index (χ0n) is 17.5. The summed E-state index contributed by atoms with van der Waals surface area (Å²) in [5.41, 5.74) is 2.24. The van der Waals surface area contributed by atoms with Gasteiger partial charge in [-0.15, -0.1) is 0 Å². The van der Waals surface area contributed by atoms with E-state index in [1.807, 2.05) is 36.4 Å². The highest BCUT2D eigenvalue weighted by Gasteiger charge is 2.29. The van der Waals surface area contributed by atoms with Crippen LogP contribution < -0.4 is 10.1 Å². The van der Waals surface area contributed by atoms with Crippen molar-refractivity contribution in [3.63, 3.8) is 0 Å². The lowest BCUT2D eigenvalue weighted by Gasteiger charge is -2.28. The number of methoxy groups -OCH3 is 1. The second kappa shape index (κ2) is 8.28. The minimum Gasteiger partial charge on any atom is -0.495 e. The number of nitrogens with one attached hydrogen (secondary N) is 1. The number of benzene rings is 2. The summed E-state index contributed by atoms with van der Waals surface area (Å²) < 4.78 is 11.6. The molecule has 2 aromatic carbocycles. The largest absolute Gasteiger partial charge is 0.495 e. The third-order valence-electron chi connectivity index (χ3n) is 6.49. The van der Waals surface area contributed by atoms with E-state index in [1.165, 1.54) is 38.8 Å². The molecule has 2 fully saturated rings. The minimum absolute atomic E-state index is 0.00270. The molecule has 6 heteroatoms. The maximum Gasteiger partial charge on any atom is 0.238 e. The Hall–Kier alpha value is -2.57. The highest BCUT2D eigenvalue weighted by atomic mass is 16.5. The first-order valence-corrected chi connectivity index (χ1v) is 11.0. The van der Waals surface area contributed by atoms with E-state index in [-0.39, 0.29) is 5.91 Å². The van der Waals surface area contributed by atoms with Crippen LogP contribution >= 0.6 is 0 Å². The molecule has 1 amide bonds. The zero-order chi connectivity index (χ0) is 20.5. The van der Waals surface area contributed by atoms with Crippen LogP contribution in [0.3, 0.4) is 0 Å². The van der Waals surface area contributed by atoms with Crippen molar-refractivity contribution in [3.05, 3.63) is 36.4 Å². The fourth-order valence-electron chi connectivity index (χ4n) is 4.97. The maximum absolute atomic E-state index is 12.9. The number of amides is 1. The second-order valence-electron chi connectivity index (χ2n) is 8.47. The number of fused-ring (bicyclic) bond motifs is 3. The van der Waals surface area contributed by atoms with Gasteiger partial charge in [0.2, 0.25) is 5.91 Å². The first kappa shape index (κ1) is 19.4. The number of ether oxygens (including phenoxy) is 1. The van der Waals surface area contributed by atoms with E-state index in [0.717, 1.165) is 35.0 Å². The number of furan rings is 1. The summed E-state index contributed by atoms with van der Waals surface area (Å²) in [6, 6.07) is 12.2. The van der Waals surface area contributed by atoms with Crippen LogP contribution in [-0.2, 0) is 4.79 Å². The number of hydrogen-bond donors (Lipinski definition) is 1. The number of rotatable bonds is 6. The molecule has 0 radical (unpaired) electrons. The lowest BCUT2D eigenvalue weighted by molar-refractivity contribution is -0.117. The number of anilines is 1. The van der Waals surface area contributed by atoms with Gasteiger partial charge in [-0.25, -0.2) is 0 Å². The van der Waals surface area contributed by atoms with Crippen LogP contribution in [-0.4, -0.2) is 61.6 Å². The Bertz CT molecular complexity index is 1050. The van der Waals surface area contributed by atoms with Gasteiger partial charge in [-0.3, -0.25) is 9.69 Å². The summed E-state index contributed by atoms with van der Waals surface area (Å²) in [5.74, 6) is 0.648. The van der Waals surface area contributed by atoms with Crippen molar-refractivity contribution in [1.29, 1.82) is 0 Å². The van der Waals surface area contributed by atoms with Crippen molar-refractivity contribution in [2.75, 3.05) is 45.2 Å². The predicted molar refractivity (Wildman–Crippen MR) is 119 cm³/mol. The molecular formula is C24H29N3O3. The molecule has 158 valence electrons. The van der Waals surface area contributed by atoms with Crippen LogP contribution in [0.5, 0.6) is 5.75 Å². The zero-order valence-corrected chi connectivity index (χ0v) is 17.5. The van der Waals surface area contributed by atoms with E-state index in [2.05, 4.69) is 15.1 Å². The Morgan fingerprint density at radius 3 is 2.77 bits per heavy atom. The van der Waals surface area contributed by atoms with Crippen LogP contribution in [0.15, 0.2) is 40.8 Å². The highest BCUT2D eigenvalue weighted by Crippen LogP contribution is 2.36. The second-order valence-corrected chi connectivity index (χ2v) is 8.47. The fourth-order valence-corrected chi connectivity index (χ4v) is 4.97. The first-order valence-electron chi connectivity index (χ1n) is 11.0. The third kappa shape index (κ3) is 3.77. The van der Waals surface area contributed by atoms with Gasteiger partial charge >= 0.3 is 0 Å². The Balaban J connectivity index is 1.31. The van der Waals surface area contributed by atoms with Gasteiger partial charge in [0.1, 0.15) is 16.9 Å². The van der Waals surface area contributed by atoms with Crippen LogP contribution in [0, 0.1) is 0 Å². The summed E-state index contributed by atoms with van der Waals surface area (Å²) >= 11 is 0. The fraction of sp³-hybridized carbons (Fsp3) is 0.458. The highest BCUT2D eigenvalue weighted by molar-refractivity contribution is 6.07. The van der Waals surface area contributed by atoms with E-state index < -0.39 is 0 Å². The van der Waals surface area contributed by atoms with E-state index in [0.29, 0.717) is 24.0 Å². The predicted octanol–water partition coefficient (Wildman–Crippen LogP) is 4.09. The van der Waals surface area contributed by atoms with Crippen LogP contribution in [0.4, 0.5) is 5.69 Å². The van der Waals surface area contributed by atoms with Crippen molar-refractivity contribution < 1.29 is 13.9 Å². The molecule has 1 unspecified atom stereocenters. The van der Waals surface area contributed by atoms with Gasteiger partial charge in [-0.05, 0) is 57.5 Å². The third-order valence-corrected chi connectivity index (χ3v) is 6.49. The van der Waals surface area contributed by atoms with Gasteiger partial charge in [0.15, 0.2) is 0 Å². The topological polar surface area (TPSA) is 58.0 Å². The molecule has 30 heavy (non-hydrogen) atoms. The van der Waals surface area contributed by atoms with Crippen LogP contribution in [0.1, 0.15) is 25.7 Å². The van der Waals surface area contributed by atoms with Crippen molar-refractivity contribution in [3.8, 4) is 5.75 Å². The number of nitrogens with zero attached hydrogens (tertiary/aromatic N) is 2. The summed E-state index contributed by atoms with van der Waals surface area (Å²) in [4.78, 5) is 17.7. The normalized spacial score (nSPS) is 20.4. The molecule has 2 aliphatic heterocycles. The van der Waals surface area contributed by atoms with Gasteiger partial charge in [0.25, 0.3) is 0 Å². The molecule has 0 spiro atoms. The Labute approximate surface area is 176 Å². The summed E-state index contributed by atoms with van der Waals surface area (Å²) in [6.07, 6.45) is 4.95. The summed E-state index contributed by atoms with van der Waals surface area (Å²) in [7, 11) is 1.63. The monoisotopic (exact) mass is 407 g/mol. The summed E-state index contributed by atoms with van der Waals surface area (Å²) in [5, 5.41) is 5.10. The minimum atomic E-state index is -0.00270.